The molecule has 0 saturated carbocycles. The first kappa shape index (κ1) is 16.7. The predicted octanol–water partition coefficient (Wildman–Crippen LogP) is 4.79. The van der Waals surface area contributed by atoms with Gasteiger partial charge < -0.3 is 0 Å². The fourth-order valence-electron chi connectivity index (χ4n) is 2.09. The normalized spacial score (nSPS) is 10.0. The summed E-state index contributed by atoms with van der Waals surface area (Å²) in [6.07, 6.45) is 1.35. The van der Waals surface area contributed by atoms with Gasteiger partial charge in [-0.2, -0.15) is 10.5 Å². The molecule has 3 rings (SSSR count). The number of nitro benzene ring substituents is 1. The number of aromatic nitrogens is 1. The molecule has 25 heavy (non-hydrogen) atoms. The van der Waals surface area contributed by atoms with E-state index in [1.807, 2.05) is 24.3 Å². The zero-order chi connectivity index (χ0) is 17.8. The maximum atomic E-state index is 11.0. The van der Waals surface area contributed by atoms with Gasteiger partial charge in [-0.15, -0.1) is 11.3 Å². The van der Waals surface area contributed by atoms with Crippen LogP contribution in [0.15, 0.2) is 57.3 Å². The van der Waals surface area contributed by atoms with E-state index < -0.39 is 4.92 Å². The summed E-state index contributed by atoms with van der Waals surface area (Å²) >= 11 is 2.85. The molecule has 3 aromatic rings. The van der Waals surface area contributed by atoms with E-state index in [0.29, 0.717) is 10.5 Å². The average molecular weight is 364 g/mol. The Labute approximate surface area is 150 Å². The first-order valence-corrected chi connectivity index (χ1v) is 8.58. The smallest absolute Gasteiger partial charge is 0.258 e. The molecule has 1 heterocycles. The van der Waals surface area contributed by atoms with Gasteiger partial charge in [0.25, 0.3) is 5.69 Å². The van der Waals surface area contributed by atoms with Crippen molar-refractivity contribution in [1.82, 2.24) is 4.98 Å². The number of thiazole rings is 1. The second-order valence-electron chi connectivity index (χ2n) is 4.81. The second kappa shape index (κ2) is 7.14. The molecule has 0 aliphatic carbocycles. The lowest BCUT2D eigenvalue weighted by Crippen LogP contribution is -1.90. The molecule has 0 saturated heterocycles. The Hall–Kier alpha value is -3.20. The third-order valence-electron chi connectivity index (χ3n) is 3.22. The fourth-order valence-corrected chi connectivity index (χ4v) is 4.20. The Morgan fingerprint density at radius 2 is 2.00 bits per heavy atom. The number of hydrogen-bond acceptors (Lipinski definition) is 7. The van der Waals surface area contributed by atoms with E-state index in [1.54, 1.807) is 18.2 Å². The highest BCUT2D eigenvalue weighted by Gasteiger charge is 2.13. The zero-order valence-corrected chi connectivity index (χ0v) is 14.2. The molecular formula is C17H8N4O2S2. The average Bonchev–Trinajstić information content (AvgIpc) is 3.02. The number of para-hydroxylation sites is 1. The first-order valence-electron chi connectivity index (χ1n) is 6.94. The van der Waals surface area contributed by atoms with Crippen LogP contribution in [0.2, 0.25) is 0 Å². The van der Waals surface area contributed by atoms with Gasteiger partial charge in [-0.3, -0.25) is 10.1 Å². The maximum Gasteiger partial charge on any atom is 0.270 e. The Balaban J connectivity index is 2.05. The topological polar surface area (TPSA) is 104 Å². The van der Waals surface area contributed by atoms with Crippen molar-refractivity contribution in [3.8, 4) is 12.1 Å². The summed E-state index contributed by atoms with van der Waals surface area (Å²) in [5.41, 5.74) is 1.10. The van der Waals surface area contributed by atoms with Crippen molar-refractivity contribution < 1.29 is 4.92 Å². The van der Waals surface area contributed by atoms with Gasteiger partial charge in [-0.25, -0.2) is 4.98 Å². The number of nitro groups is 1. The van der Waals surface area contributed by atoms with Gasteiger partial charge in [0.1, 0.15) is 17.7 Å². The molecule has 0 radical (unpaired) electrons. The van der Waals surface area contributed by atoms with E-state index >= 15 is 0 Å². The lowest BCUT2D eigenvalue weighted by atomic mass is 10.1. The molecule has 0 spiro atoms. The zero-order valence-electron chi connectivity index (χ0n) is 12.5. The van der Waals surface area contributed by atoms with Gasteiger partial charge in [-0.1, -0.05) is 23.9 Å². The van der Waals surface area contributed by atoms with Gasteiger partial charge in [-0.05, 0) is 29.8 Å². The van der Waals surface area contributed by atoms with Crippen LogP contribution in [0.25, 0.3) is 16.3 Å². The van der Waals surface area contributed by atoms with Crippen molar-refractivity contribution in [2.75, 3.05) is 0 Å². The van der Waals surface area contributed by atoms with Gasteiger partial charge >= 0.3 is 0 Å². The number of rotatable bonds is 4. The van der Waals surface area contributed by atoms with Crippen LogP contribution in [-0.4, -0.2) is 9.91 Å². The van der Waals surface area contributed by atoms with Crippen LogP contribution in [-0.2, 0) is 0 Å². The van der Waals surface area contributed by atoms with Gasteiger partial charge in [0.2, 0.25) is 0 Å². The minimum atomic E-state index is -0.512. The van der Waals surface area contributed by atoms with Crippen LogP contribution in [0, 0.1) is 32.8 Å². The van der Waals surface area contributed by atoms with Crippen molar-refractivity contribution in [2.45, 2.75) is 9.24 Å². The molecule has 0 unspecified atom stereocenters. The molecule has 0 fully saturated rings. The number of hydrogen-bond donors (Lipinski definition) is 0. The summed E-state index contributed by atoms with van der Waals surface area (Å²) in [5.74, 6) is 0. The molecule has 0 N–H and O–H groups in total. The van der Waals surface area contributed by atoms with E-state index in [1.165, 1.54) is 41.3 Å². The summed E-state index contributed by atoms with van der Waals surface area (Å²) in [7, 11) is 0. The summed E-state index contributed by atoms with van der Waals surface area (Å²) in [6, 6.07) is 15.6. The van der Waals surface area contributed by atoms with Gasteiger partial charge in [0.15, 0.2) is 4.34 Å². The molecule has 120 valence electrons. The molecule has 8 heteroatoms. The molecule has 6 nitrogen and oxygen atoms in total. The quantitative estimate of drug-likeness (QED) is 0.375. The van der Waals surface area contributed by atoms with Crippen LogP contribution in [0.4, 0.5) is 5.69 Å². The number of allylic oxidation sites excluding steroid dienone is 1. The Kier molecular flexibility index (Phi) is 4.75. The number of nitriles is 2. The Morgan fingerprint density at radius 3 is 2.68 bits per heavy atom. The van der Waals surface area contributed by atoms with E-state index in [9.17, 15) is 10.1 Å². The molecule has 0 atom stereocenters. The van der Waals surface area contributed by atoms with Crippen molar-refractivity contribution in [2.24, 2.45) is 0 Å². The largest absolute Gasteiger partial charge is 0.270 e. The SMILES string of the molecule is N#CC(C#N)=Cc1cc([N+](=O)[O-])ccc1Sc1nc2ccccc2s1. The van der Waals surface area contributed by atoms with Crippen LogP contribution in [0.5, 0.6) is 0 Å². The van der Waals surface area contributed by atoms with Crippen LogP contribution in [0.1, 0.15) is 5.56 Å². The Bertz CT molecular complexity index is 1040. The van der Waals surface area contributed by atoms with Gasteiger partial charge in [0, 0.05) is 17.0 Å². The molecule has 2 aromatic carbocycles. The summed E-state index contributed by atoms with van der Waals surface area (Å²) in [6.45, 7) is 0. The number of non-ortho nitro benzene ring substituents is 1. The minimum absolute atomic E-state index is 0.102. The lowest BCUT2D eigenvalue weighted by molar-refractivity contribution is -0.384. The second-order valence-corrected chi connectivity index (χ2v) is 7.13. The summed E-state index contributed by atoms with van der Waals surface area (Å²) in [5, 5.41) is 28.9. The van der Waals surface area contributed by atoms with Crippen molar-refractivity contribution in [3.05, 3.63) is 63.7 Å². The van der Waals surface area contributed by atoms with Crippen molar-refractivity contribution in [1.29, 1.82) is 10.5 Å². The van der Waals surface area contributed by atoms with Gasteiger partial charge in [0.05, 0.1) is 15.1 Å². The third kappa shape index (κ3) is 3.66. The number of benzene rings is 2. The fraction of sp³-hybridized carbons (Fsp3) is 0. The lowest BCUT2D eigenvalue weighted by Gasteiger charge is -2.03. The molecule has 1 aromatic heterocycles. The number of fused-ring (bicyclic) bond motifs is 1. The van der Waals surface area contributed by atoms with Crippen molar-refractivity contribution >= 4 is 45.1 Å². The standard InChI is InChI=1S/C17H8N4O2S2/c18-9-11(10-19)7-12-8-13(21(22)23)5-6-15(12)24-17-20-14-3-1-2-4-16(14)25-17/h1-8H. The molecule has 0 bridgehead atoms. The number of nitrogens with zero attached hydrogens (tertiary/aromatic N) is 4. The van der Waals surface area contributed by atoms with Crippen LogP contribution >= 0.6 is 23.1 Å². The van der Waals surface area contributed by atoms with E-state index in [0.717, 1.165) is 14.6 Å². The van der Waals surface area contributed by atoms with Crippen LogP contribution < -0.4 is 0 Å². The van der Waals surface area contributed by atoms with E-state index in [4.69, 9.17) is 10.5 Å². The summed E-state index contributed by atoms with van der Waals surface area (Å²) in [4.78, 5) is 15.7. The van der Waals surface area contributed by atoms with E-state index in [-0.39, 0.29) is 11.3 Å². The first-order chi connectivity index (χ1) is 12.1. The van der Waals surface area contributed by atoms with E-state index in [2.05, 4.69) is 4.98 Å². The highest BCUT2D eigenvalue weighted by molar-refractivity contribution is 8.01. The third-order valence-corrected chi connectivity index (χ3v) is 5.41. The van der Waals surface area contributed by atoms with Crippen molar-refractivity contribution in [3.63, 3.8) is 0 Å². The monoisotopic (exact) mass is 364 g/mol. The highest BCUT2D eigenvalue weighted by atomic mass is 32.2. The minimum Gasteiger partial charge on any atom is -0.258 e. The molecule has 0 amide bonds. The highest BCUT2D eigenvalue weighted by Crippen LogP contribution is 2.37. The molecule has 0 aliphatic rings. The molecule has 0 aliphatic heterocycles. The predicted molar refractivity (Wildman–Crippen MR) is 96.0 cm³/mol. The summed E-state index contributed by atoms with van der Waals surface area (Å²) < 4.78 is 1.82. The maximum absolute atomic E-state index is 11.0. The Morgan fingerprint density at radius 1 is 1.24 bits per heavy atom. The molecular weight excluding hydrogens is 356 g/mol. The van der Waals surface area contributed by atoms with Crippen LogP contribution in [0.3, 0.4) is 0 Å².